The van der Waals surface area contributed by atoms with Crippen LogP contribution < -0.4 is 14.8 Å². The summed E-state index contributed by atoms with van der Waals surface area (Å²) in [6.45, 7) is 2.11. The first-order valence-electron chi connectivity index (χ1n) is 9.71. The SMILES string of the molecule is COc1cc(/C=N/OCC(=O)Nc2ccc(C)cc2)cc(Br)c1OCc1cccc(Cl)c1. The molecule has 0 spiro atoms. The molecule has 0 bridgehead atoms. The largest absolute Gasteiger partial charge is 0.493 e. The van der Waals surface area contributed by atoms with Gasteiger partial charge in [-0.05, 0) is 64.8 Å². The van der Waals surface area contributed by atoms with Crippen molar-refractivity contribution in [3.8, 4) is 11.5 Å². The van der Waals surface area contributed by atoms with Crippen LogP contribution >= 0.6 is 27.5 Å². The van der Waals surface area contributed by atoms with Crippen LogP contribution in [0.25, 0.3) is 0 Å². The molecule has 0 aliphatic heterocycles. The highest BCUT2D eigenvalue weighted by molar-refractivity contribution is 9.10. The maximum absolute atomic E-state index is 12.0. The zero-order valence-electron chi connectivity index (χ0n) is 17.6. The van der Waals surface area contributed by atoms with Crippen molar-refractivity contribution in [2.75, 3.05) is 19.0 Å². The summed E-state index contributed by atoms with van der Waals surface area (Å²) in [6.07, 6.45) is 1.49. The second-order valence-corrected chi connectivity index (χ2v) is 8.17. The highest BCUT2D eigenvalue weighted by atomic mass is 79.9. The molecule has 0 unspecified atom stereocenters. The van der Waals surface area contributed by atoms with Crippen molar-refractivity contribution >= 4 is 45.3 Å². The van der Waals surface area contributed by atoms with Crippen molar-refractivity contribution in [2.45, 2.75) is 13.5 Å². The number of hydrogen-bond acceptors (Lipinski definition) is 5. The van der Waals surface area contributed by atoms with Crippen LogP contribution in [0.4, 0.5) is 5.69 Å². The fraction of sp³-hybridized carbons (Fsp3) is 0.167. The van der Waals surface area contributed by atoms with Gasteiger partial charge in [-0.1, -0.05) is 46.6 Å². The lowest BCUT2D eigenvalue weighted by atomic mass is 10.2. The van der Waals surface area contributed by atoms with Crippen molar-refractivity contribution in [1.82, 2.24) is 0 Å². The minimum Gasteiger partial charge on any atom is -0.493 e. The van der Waals surface area contributed by atoms with Gasteiger partial charge in [0, 0.05) is 16.3 Å². The Morgan fingerprint density at radius 1 is 1.16 bits per heavy atom. The maximum atomic E-state index is 12.0. The molecule has 32 heavy (non-hydrogen) atoms. The van der Waals surface area contributed by atoms with Gasteiger partial charge in [0.25, 0.3) is 5.91 Å². The van der Waals surface area contributed by atoms with E-state index in [1.54, 1.807) is 13.2 Å². The van der Waals surface area contributed by atoms with E-state index < -0.39 is 0 Å². The molecule has 3 rings (SSSR count). The number of carbonyl (C=O) groups excluding carboxylic acids is 1. The van der Waals surface area contributed by atoms with Crippen LogP contribution in [0.3, 0.4) is 0 Å². The van der Waals surface area contributed by atoms with Crippen molar-refractivity contribution in [1.29, 1.82) is 0 Å². The summed E-state index contributed by atoms with van der Waals surface area (Å²) in [6, 6.07) is 18.5. The van der Waals surface area contributed by atoms with Crippen LogP contribution in [-0.4, -0.2) is 25.8 Å². The molecule has 166 valence electrons. The minimum atomic E-state index is -0.297. The van der Waals surface area contributed by atoms with E-state index in [1.165, 1.54) is 6.21 Å². The van der Waals surface area contributed by atoms with Crippen LogP contribution in [0.15, 0.2) is 70.3 Å². The highest BCUT2D eigenvalue weighted by Gasteiger charge is 2.12. The van der Waals surface area contributed by atoms with E-state index in [-0.39, 0.29) is 12.5 Å². The standard InChI is InChI=1S/C24H22BrClN2O4/c1-16-6-8-20(9-7-16)28-23(29)15-32-27-13-18-11-21(25)24(22(12-18)30-2)31-14-17-4-3-5-19(26)10-17/h3-13H,14-15H2,1-2H3,(H,28,29)/b27-13+. The lowest BCUT2D eigenvalue weighted by Gasteiger charge is -2.13. The van der Waals surface area contributed by atoms with Crippen molar-refractivity contribution in [3.63, 3.8) is 0 Å². The summed E-state index contributed by atoms with van der Waals surface area (Å²) in [7, 11) is 1.56. The summed E-state index contributed by atoms with van der Waals surface area (Å²) in [5.74, 6) is 0.789. The zero-order chi connectivity index (χ0) is 22.9. The van der Waals surface area contributed by atoms with E-state index >= 15 is 0 Å². The molecular weight excluding hydrogens is 496 g/mol. The molecule has 3 aromatic carbocycles. The molecule has 1 N–H and O–H groups in total. The van der Waals surface area contributed by atoms with Gasteiger partial charge in [0.15, 0.2) is 18.1 Å². The third kappa shape index (κ3) is 7.00. The van der Waals surface area contributed by atoms with E-state index in [9.17, 15) is 4.79 Å². The molecule has 0 saturated heterocycles. The molecule has 0 fully saturated rings. The Hall–Kier alpha value is -3.03. The summed E-state index contributed by atoms with van der Waals surface area (Å²) in [4.78, 5) is 17.1. The van der Waals surface area contributed by atoms with E-state index in [0.29, 0.717) is 38.9 Å². The topological polar surface area (TPSA) is 69.2 Å². The number of aryl methyl sites for hydroxylation is 1. The maximum Gasteiger partial charge on any atom is 0.265 e. The zero-order valence-corrected chi connectivity index (χ0v) is 19.9. The van der Waals surface area contributed by atoms with Crippen molar-refractivity contribution < 1.29 is 19.1 Å². The van der Waals surface area contributed by atoms with Gasteiger partial charge >= 0.3 is 0 Å². The Morgan fingerprint density at radius 3 is 2.66 bits per heavy atom. The smallest absolute Gasteiger partial charge is 0.265 e. The van der Waals surface area contributed by atoms with Gasteiger partial charge in [-0.15, -0.1) is 0 Å². The first-order valence-corrected chi connectivity index (χ1v) is 10.9. The summed E-state index contributed by atoms with van der Waals surface area (Å²) in [5, 5.41) is 7.26. The molecule has 0 atom stereocenters. The Morgan fingerprint density at radius 2 is 1.94 bits per heavy atom. The van der Waals surface area contributed by atoms with E-state index in [1.807, 2.05) is 61.5 Å². The number of hydrogen-bond donors (Lipinski definition) is 1. The Bertz CT molecular complexity index is 1100. The van der Waals surface area contributed by atoms with Crippen LogP contribution in [-0.2, 0) is 16.2 Å². The summed E-state index contributed by atoms with van der Waals surface area (Å²) < 4.78 is 12.1. The molecular formula is C24H22BrClN2O4. The number of amides is 1. The number of nitrogens with one attached hydrogen (secondary N) is 1. The number of rotatable bonds is 9. The quantitative estimate of drug-likeness (QED) is 0.280. The number of ether oxygens (including phenoxy) is 2. The predicted molar refractivity (Wildman–Crippen MR) is 130 cm³/mol. The first-order chi connectivity index (χ1) is 15.4. The third-order valence-corrected chi connectivity index (χ3v) is 5.16. The lowest BCUT2D eigenvalue weighted by molar-refractivity contribution is -0.120. The Labute approximate surface area is 200 Å². The fourth-order valence-corrected chi connectivity index (χ4v) is 3.55. The van der Waals surface area contributed by atoms with Crippen LogP contribution in [0.5, 0.6) is 11.5 Å². The highest BCUT2D eigenvalue weighted by Crippen LogP contribution is 2.37. The average molecular weight is 518 g/mol. The lowest BCUT2D eigenvalue weighted by Crippen LogP contribution is -2.16. The van der Waals surface area contributed by atoms with Crippen LogP contribution in [0.1, 0.15) is 16.7 Å². The summed E-state index contributed by atoms with van der Waals surface area (Å²) >= 11 is 9.53. The molecule has 6 nitrogen and oxygen atoms in total. The molecule has 0 aromatic heterocycles. The van der Waals surface area contributed by atoms with Gasteiger partial charge in [-0.2, -0.15) is 0 Å². The van der Waals surface area contributed by atoms with Gasteiger partial charge in [0.05, 0.1) is 17.8 Å². The summed E-state index contributed by atoms with van der Waals surface area (Å²) in [5.41, 5.74) is 3.47. The number of anilines is 1. The number of nitrogens with zero attached hydrogens (tertiary/aromatic N) is 1. The van der Waals surface area contributed by atoms with Gasteiger partial charge in [-0.3, -0.25) is 4.79 Å². The number of benzene rings is 3. The molecule has 3 aromatic rings. The molecule has 1 amide bonds. The Kier molecular flexibility index (Phi) is 8.53. The predicted octanol–water partition coefficient (Wildman–Crippen LogP) is 5.99. The van der Waals surface area contributed by atoms with E-state index in [2.05, 4.69) is 26.4 Å². The normalized spacial score (nSPS) is 10.8. The average Bonchev–Trinajstić information content (AvgIpc) is 2.77. The van der Waals surface area contributed by atoms with E-state index in [0.717, 1.165) is 11.1 Å². The van der Waals surface area contributed by atoms with Crippen molar-refractivity contribution in [2.24, 2.45) is 5.16 Å². The molecule has 0 heterocycles. The number of halogens is 2. The van der Waals surface area contributed by atoms with Gasteiger partial charge < -0.3 is 19.6 Å². The van der Waals surface area contributed by atoms with Crippen LogP contribution in [0.2, 0.25) is 5.02 Å². The van der Waals surface area contributed by atoms with Gasteiger partial charge in [-0.25, -0.2) is 0 Å². The molecule has 8 heteroatoms. The van der Waals surface area contributed by atoms with Gasteiger partial charge in [0.2, 0.25) is 0 Å². The molecule has 0 saturated carbocycles. The van der Waals surface area contributed by atoms with Crippen molar-refractivity contribution in [3.05, 3.63) is 86.8 Å². The number of oxime groups is 1. The second-order valence-electron chi connectivity index (χ2n) is 6.87. The number of carbonyl (C=O) groups is 1. The molecule has 0 radical (unpaired) electrons. The van der Waals surface area contributed by atoms with Crippen LogP contribution in [0, 0.1) is 6.92 Å². The van der Waals surface area contributed by atoms with Gasteiger partial charge in [0.1, 0.15) is 6.61 Å². The first kappa shape index (κ1) is 23.6. The molecule has 0 aliphatic carbocycles. The number of methoxy groups -OCH3 is 1. The molecule has 0 aliphatic rings. The second kappa shape index (κ2) is 11.5. The fourth-order valence-electron chi connectivity index (χ4n) is 2.76. The van der Waals surface area contributed by atoms with E-state index in [4.69, 9.17) is 25.9 Å². The Balaban J connectivity index is 1.56. The minimum absolute atomic E-state index is 0.205. The monoisotopic (exact) mass is 516 g/mol. The third-order valence-electron chi connectivity index (χ3n) is 4.33.